The van der Waals surface area contributed by atoms with Crippen LogP contribution < -0.4 is 10.2 Å². The molecule has 2 aromatic rings. The molecule has 1 aromatic heterocycles. The lowest BCUT2D eigenvalue weighted by molar-refractivity contribution is -0.384. The number of carbonyl (C=O) groups is 2. The van der Waals surface area contributed by atoms with E-state index in [0.29, 0.717) is 24.9 Å². The van der Waals surface area contributed by atoms with Crippen molar-refractivity contribution in [3.8, 4) is 0 Å². The largest absolute Gasteiger partial charge is 0.455 e. The number of pyridine rings is 1. The van der Waals surface area contributed by atoms with E-state index in [4.69, 9.17) is 4.74 Å². The van der Waals surface area contributed by atoms with Gasteiger partial charge in [-0.05, 0) is 37.5 Å². The quantitative estimate of drug-likeness (QED) is 0.392. The Morgan fingerprint density at radius 2 is 2.09 bits per heavy atom. The van der Waals surface area contributed by atoms with Crippen molar-refractivity contribution in [3.63, 3.8) is 0 Å². The first-order valence-electron chi connectivity index (χ1n) is 10.0. The maximum absolute atomic E-state index is 13.3. The summed E-state index contributed by atoms with van der Waals surface area (Å²) in [5.41, 5.74) is -0.295. The summed E-state index contributed by atoms with van der Waals surface area (Å²) in [5.74, 6) is -2.38. The van der Waals surface area contributed by atoms with Gasteiger partial charge in [-0.25, -0.2) is 4.98 Å². The number of hydrogen-bond donors (Lipinski definition) is 1. The second kappa shape index (κ2) is 9.84. The maximum atomic E-state index is 13.3. The van der Waals surface area contributed by atoms with Crippen LogP contribution in [-0.4, -0.2) is 41.5 Å². The minimum atomic E-state index is -4.58. The van der Waals surface area contributed by atoms with Crippen molar-refractivity contribution < 1.29 is 32.4 Å². The maximum Gasteiger partial charge on any atom is 0.419 e. The summed E-state index contributed by atoms with van der Waals surface area (Å²) in [4.78, 5) is 40.2. The number of carbonyl (C=O) groups excluding carboxylic acids is 2. The molecule has 2 heterocycles. The number of non-ortho nitro benzene ring substituents is 1. The Bertz CT molecular complexity index is 1060. The zero-order chi connectivity index (χ0) is 24.2. The molecule has 0 bridgehead atoms. The first kappa shape index (κ1) is 24.0. The topological polar surface area (TPSA) is 115 Å². The average Bonchev–Trinajstić information content (AvgIpc) is 2.78. The molecular weight excluding hydrogens is 445 g/mol. The minimum Gasteiger partial charge on any atom is -0.455 e. The lowest BCUT2D eigenvalue weighted by Crippen LogP contribution is -2.41. The number of benzene rings is 1. The van der Waals surface area contributed by atoms with E-state index in [1.165, 1.54) is 35.4 Å². The van der Waals surface area contributed by atoms with Gasteiger partial charge in [0.1, 0.15) is 5.82 Å². The molecule has 0 radical (unpaired) electrons. The SMILES string of the molecule is Cc1ccc([N+](=O)[O-])cc1NC(=O)COC(=O)C1CCCN(c2ncccc2C(F)(F)F)C1. The first-order chi connectivity index (χ1) is 15.6. The number of rotatable bonds is 6. The molecule has 0 aliphatic carbocycles. The van der Waals surface area contributed by atoms with Gasteiger partial charge in [-0.3, -0.25) is 19.7 Å². The number of esters is 1. The Morgan fingerprint density at radius 1 is 1.33 bits per heavy atom. The van der Waals surface area contributed by atoms with Gasteiger partial charge in [0.2, 0.25) is 0 Å². The highest BCUT2D eigenvalue weighted by Crippen LogP contribution is 2.36. The molecular formula is C21H21F3N4O5. The highest BCUT2D eigenvalue weighted by atomic mass is 19.4. The van der Waals surface area contributed by atoms with Gasteiger partial charge in [-0.2, -0.15) is 13.2 Å². The number of nitro benzene ring substituents is 1. The molecule has 1 fully saturated rings. The minimum absolute atomic E-state index is 0.0233. The van der Waals surface area contributed by atoms with Crippen LogP contribution in [0.5, 0.6) is 0 Å². The van der Waals surface area contributed by atoms with Gasteiger partial charge in [0.15, 0.2) is 6.61 Å². The van der Waals surface area contributed by atoms with Crippen LogP contribution >= 0.6 is 0 Å². The second-order valence-electron chi connectivity index (χ2n) is 7.57. The molecule has 1 aromatic carbocycles. The number of ether oxygens (including phenoxy) is 1. The summed E-state index contributed by atoms with van der Waals surface area (Å²) in [6.07, 6.45) is -2.48. The summed E-state index contributed by atoms with van der Waals surface area (Å²) >= 11 is 0. The number of anilines is 2. The van der Waals surface area contributed by atoms with Gasteiger partial charge in [0.05, 0.1) is 22.1 Å². The Balaban J connectivity index is 1.60. The number of aryl methyl sites for hydroxylation is 1. The number of aromatic nitrogens is 1. The third kappa shape index (κ3) is 5.96. The highest BCUT2D eigenvalue weighted by Gasteiger charge is 2.37. The molecule has 1 aliphatic rings. The fourth-order valence-electron chi connectivity index (χ4n) is 3.53. The van der Waals surface area contributed by atoms with Gasteiger partial charge in [-0.1, -0.05) is 6.07 Å². The monoisotopic (exact) mass is 466 g/mol. The molecule has 176 valence electrons. The van der Waals surface area contributed by atoms with Crippen molar-refractivity contribution in [2.45, 2.75) is 25.9 Å². The third-order valence-corrected chi connectivity index (χ3v) is 5.20. The predicted molar refractivity (Wildman–Crippen MR) is 112 cm³/mol. The molecule has 0 spiro atoms. The van der Waals surface area contributed by atoms with Crippen molar-refractivity contribution in [2.75, 3.05) is 29.9 Å². The average molecular weight is 466 g/mol. The van der Waals surface area contributed by atoms with Crippen LogP contribution in [0, 0.1) is 23.0 Å². The summed E-state index contributed by atoms with van der Waals surface area (Å²) in [7, 11) is 0. The normalized spacial score (nSPS) is 16.2. The lowest BCUT2D eigenvalue weighted by Gasteiger charge is -2.33. The van der Waals surface area contributed by atoms with E-state index in [1.807, 2.05) is 0 Å². The van der Waals surface area contributed by atoms with Crippen LogP contribution in [0.3, 0.4) is 0 Å². The van der Waals surface area contributed by atoms with Crippen LogP contribution in [0.25, 0.3) is 0 Å². The number of nitro groups is 1. The molecule has 0 saturated carbocycles. The predicted octanol–water partition coefficient (Wildman–Crippen LogP) is 3.72. The zero-order valence-corrected chi connectivity index (χ0v) is 17.6. The highest BCUT2D eigenvalue weighted by molar-refractivity contribution is 5.94. The number of hydrogen-bond acceptors (Lipinski definition) is 7. The Morgan fingerprint density at radius 3 is 2.79 bits per heavy atom. The summed E-state index contributed by atoms with van der Waals surface area (Å²) in [6, 6.07) is 6.10. The fraction of sp³-hybridized carbons (Fsp3) is 0.381. The van der Waals surface area contributed by atoms with Crippen molar-refractivity contribution in [1.82, 2.24) is 4.98 Å². The fourth-order valence-corrected chi connectivity index (χ4v) is 3.53. The third-order valence-electron chi connectivity index (χ3n) is 5.20. The Kier molecular flexibility index (Phi) is 7.14. The smallest absolute Gasteiger partial charge is 0.419 e. The zero-order valence-electron chi connectivity index (χ0n) is 17.6. The van der Waals surface area contributed by atoms with Crippen molar-refractivity contribution >= 4 is 29.1 Å². The number of halogens is 3. The summed E-state index contributed by atoms with van der Waals surface area (Å²) < 4.78 is 45.0. The van der Waals surface area contributed by atoms with Crippen LogP contribution in [0.4, 0.5) is 30.4 Å². The molecule has 9 nitrogen and oxygen atoms in total. The molecule has 1 saturated heterocycles. The number of alkyl halides is 3. The van der Waals surface area contributed by atoms with Gasteiger partial charge < -0.3 is 15.0 Å². The van der Waals surface area contributed by atoms with E-state index < -0.39 is 41.1 Å². The van der Waals surface area contributed by atoms with E-state index in [1.54, 1.807) is 6.92 Å². The summed E-state index contributed by atoms with van der Waals surface area (Å²) in [5, 5.41) is 13.4. The standard InChI is InChI=1S/C21H21F3N4O5/c1-13-6-7-15(28(31)32)10-17(13)26-18(29)12-33-20(30)14-4-3-9-27(11-14)19-16(21(22,23)24)5-2-8-25-19/h2,5-8,10,14H,3-4,9,11-12H2,1H3,(H,26,29). The van der Waals surface area contributed by atoms with Gasteiger partial charge in [0, 0.05) is 31.4 Å². The van der Waals surface area contributed by atoms with Crippen molar-refractivity contribution in [2.24, 2.45) is 5.92 Å². The van der Waals surface area contributed by atoms with Gasteiger partial charge >= 0.3 is 12.1 Å². The molecule has 1 N–H and O–H groups in total. The Hall–Kier alpha value is -3.70. The molecule has 1 amide bonds. The van der Waals surface area contributed by atoms with Gasteiger partial charge in [0.25, 0.3) is 11.6 Å². The van der Waals surface area contributed by atoms with Crippen LogP contribution in [0.1, 0.15) is 24.0 Å². The molecule has 1 unspecified atom stereocenters. The van der Waals surface area contributed by atoms with Crippen molar-refractivity contribution in [1.29, 1.82) is 0 Å². The second-order valence-corrected chi connectivity index (χ2v) is 7.57. The number of piperidine rings is 1. The van der Waals surface area contributed by atoms with Crippen molar-refractivity contribution in [3.05, 3.63) is 57.8 Å². The van der Waals surface area contributed by atoms with E-state index in [2.05, 4.69) is 10.3 Å². The molecule has 1 aliphatic heterocycles. The van der Waals surface area contributed by atoms with Gasteiger partial charge in [-0.15, -0.1) is 0 Å². The lowest BCUT2D eigenvalue weighted by atomic mass is 9.98. The first-order valence-corrected chi connectivity index (χ1v) is 10.0. The van der Waals surface area contributed by atoms with E-state index in [-0.39, 0.29) is 23.7 Å². The van der Waals surface area contributed by atoms with Crippen LogP contribution in [0.2, 0.25) is 0 Å². The molecule has 1 atom stereocenters. The Labute approximate surface area is 186 Å². The van der Waals surface area contributed by atoms with E-state index >= 15 is 0 Å². The summed E-state index contributed by atoms with van der Waals surface area (Å²) in [6.45, 7) is 1.30. The van der Waals surface area contributed by atoms with Crippen LogP contribution in [-0.2, 0) is 20.5 Å². The van der Waals surface area contributed by atoms with E-state index in [0.717, 1.165) is 6.07 Å². The van der Waals surface area contributed by atoms with Crippen LogP contribution in [0.15, 0.2) is 36.5 Å². The molecule has 3 rings (SSSR count). The van der Waals surface area contributed by atoms with E-state index in [9.17, 15) is 32.9 Å². The molecule has 33 heavy (non-hydrogen) atoms. The number of nitrogens with one attached hydrogen (secondary N) is 1. The molecule has 12 heteroatoms. The number of amides is 1. The number of nitrogens with zero attached hydrogens (tertiary/aromatic N) is 3.